The molecule has 0 fully saturated rings. The Bertz CT molecular complexity index is 1790. The van der Waals surface area contributed by atoms with Crippen LogP contribution in [0.1, 0.15) is 388 Å². The molecule has 0 aliphatic heterocycles. The van der Waals surface area contributed by atoms with Gasteiger partial charge in [0.1, 0.15) is 19.3 Å². The van der Waals surface area contributed by atoms with E-state index in [1.807, 2.05) is 0 Å². The monoisotopic (exact) mass is 1370 g/mol. The van der Waals surface area contributed by atoms with Crippen LogP contribution < -0.4 is 0 Å². The van der Waals surface area contributed by atoms with Crippen LogP contribution in [0.2, 0.25) is 0 Å². The Hall–Kier alpha value is -1.94. The quantitative estimate of drug-likeness (QED) is 0.0222. The van der Waals surface area contributed by atoms with Gasteiger partial charge in [0.2, 0.25) is 0 Å². The number of carbonyl (C=O) groups is 4. The second kappa shape index (κ2) is 67.3. The van der Waals surface area contributed by atoms with Gasteiger partial charge in [0, 0.05) is 25.7 Å². The third-order valence-electron chi connectivity index (χ3n) is 17.6. The maximum absolute atomic E-state index is 13.1. The zero-order valence-electron chi connectivity index (χ0n) is 60.4. The number of aliphatic hydroxyl groups is 1. The van der Waals surface area contributed by atoms with E-state index < -0.39 is 97.5 Å². The van der Waals surface area contributed by atoms with Crippen molar-refractivity contribution < 1.29 is 80.2 Å². The lowest BCUT2D eigenvalue weighted by Crippen LogP contribution is -2.30. The number of hydrogen-bond donors (Lipinski definition) is 3. The van der Waals surface area contributed by atoms with Crippen LogP contribution in [0.4, 0.5) is 0 Å². The molecule has 552 valence electrons. The van der Waals surface area contributed by atoms with E-state index in [0.29, 0.717) is 25.7 Å². The molecule has 19 heteroatoms. The molecule has 0 aromatic carbocycles. The second-order valence-corrected chi connectivity index (χ2v) is 29.8. The van der Waals surface area contributed by atoms with Crippen LogP contribution in [0.3, 0.4) is 0 Å². The van der Waals surface area contributed by atoms with Gasteiger partial charge in [-0.25, -0.2) is 9.13 Å². The van der Waals surface area contributed by atoms with E-state index >= 15 is 0 Å². The normalized spacial score (nSPS) is 14.3. The number of rotatable bonds is 74. The van der Waals surface area contributed by atoms with Gasteiger partial charge >= 0.3 is 39.5 Å². The number of aliphatic hydroxyl groups excluding tert-OH is 1. The van der Waals surface area contributed by atoms with Gasteiger partial charge in [0.15, 0.2) is 12.2 Å². The molecule has 0 spiro atoms. The SMILES string of the molecule is CCCCCCCCCCCCCCCCCCCCCCCC(=O)O[C@H](COC(=O)CCCCCCCCCCCCCCCCCCC)COP(=O)(O)OC[C@@H](O)COP(=O)(O)OC[C@@H](COC(=O)CCCCCCC)OC(=O)CCCCCCCCC(C)CC. The molecular formula is C74H144O17P2. The Morgan fingerprint density at radius 1 is 0.301 bits per heavy atom. The minimum atomic E-state index is -4.95. The summed E-state index contributed by atoms with van der Waals surface area (Å²) in [5.74, 6) is -1.41. The lowest BCUT2D eigenvalue weighted by atomic mass is 10.00. The molecular weight excluding hydrogens is 1220 g/mol. The number of phosphoric acid groups is 2. The highest BCUT2D eigenvalue weighted by molar-refractivity contribution is 7.47. The second-order valence-electron chi connectivity index (χ2n) is 26.9. The Morgan fingerprint density at radius 2 is 0.516 bits per heavy atom. The van der Waals surface area contributed by atoms with Gasteiger partial charge in [0.05, 0.1) is 26.4 Å². The molecule has 17 nitrogen and oxygen atoms in total. The zero-order valence-corrected chi connectivity index (χ0v) is 62.2. The standard InChI is InChI=1S/C74H144O17P2/c1-6-10-13-16-18-20-22-24-26-28-29-30-31-33-35-37-39-41-43-49-54-59-73(78)90-70(64-85-72(77)58-53-48-42-40-38-36-34-32-27-25-23-21-19-17-14-11-7-2)66-89-93(82,83)87-62-68(75)61-86-92(80,81)88-65-69(63-84-71(76)57-52-46-15-12-8-3)91-74(79)60-55-50-45-44-47-51-56-67(5)9-4/h67-70,75H,6-66H2,1-5H3,(H,80,81)(H,82,83)/t67?,68-,69+,70+/m0/s1. The maximum Gasteiger partial charge on any atom is 0.472 e. The predicted molar refractivity (Wildman–Crippen MR) is 377 cm³/mol. The van der Waals surface area contributed by atoms with Crippen molar-refractivity contribution in [2.75, 3.05) is 39.6 Å². The van der Waals surface area contributed by atoms with Crippen LogP contribution in [0.5, 0.6) is 0 Å². The first-order valence-corrected chi connectivity index (χ1v) is 41.7. The summed E-state index contributed by atoms with van der Waals surface area (Å²) in [7, 11) is -9.89. The average Bonchev–Trinajstić information content (AvgIpc) is 2.29. The summed E-state index contributed by atoms with van der Waals surface area (Å²) in [4.78, 5) is 72.4. The van der Waals surface area contributed by atoms with Gasteiger partial charge in [-0.1, -0.05) is 336 Å². The summed E-state index contributed by atoms with van der Waals surface area (Å²) in [6, 6.07) is 0. The first-order valence-electron chi connectivity index (χ1n) is 38.7. The number of esters is 4. The Labute approximate surface area is 568 Å². The van der Waals surface area contributed by atoms with Crippen molar-refractivity contribution in [3.63, 3.8) is 0 Å². The van der Waals surface area contributed by atoms with Crippen molar-refractivity contribution in [2.45, 2.75) is 406 Å². The summed E-state index contributed by atoms with van der Waals surface area (Å²) in [5, 5.41) is 10.6. The molecule has 0 bridgehead atoms. The summed E-state index contributed by atoms with van der Waals surface area (Å²) < 4.78 is 68.2. The van der Waals surface area contributed by atoms with Crippen LogP contribution in [0.25, 0.3) is 0 Å². The summed E-state index contributed by atoms with van der Waals surface area (Å²) in [5.41, 5.74) is 0. The van der Waals surface area contributed by atoms with E-state index in [0.717, 1.165) is 102 Å². The summed E-state index contributed by atoms with van der Waals surface area (Å²) in [6.45, 7) is 7.13. The van der Waals surface area contributed by atoms with Crippen molar-refractivity contribution in [1.82, 2.24) is 0 Å². The molecule has 0 amide bonds. The van der Waals surface area contributed by atoms with Crippen LogP contribution >= 0.6 is 15.6 Å². The zero-order chi connectivity index (χ0) is 68.4. The van der Waals surface area contributed by atoms with Crippen LogP contribution in [0.15, 0.2) is 0 Å². The average molecular weight is 1370 g/mol. The molecule has 0 saturated carbocycles. The van der Waals surface area contributed by atoms with Crippen molar-refractivity contribution in [3.8, 4) is 0 Å². The Balaban J connectivity index is 5.11. The summed E-state index contributed by atoms with van der Waals surface area (Å²) >= 11 is 0. The van der Waals surface area contributed by atoms with E-state index in [2.05, 4.69) is 34.6 Å². The molecule has 93 heavy (non-hydrogen) atoms. The molecule has 0 radical (unpaired) electrons. The van der Waals surface area contributed by atoms with E-state index in [-0.39, 0.29) is 25.7 Å². The first kappa shape index (κ1) is 91.1. The molecule has 3 unspecified atom stereocenters. The highest BCUT2D eigenvalue weighted by atomic mass is 31.2. The molecule has 3 N–H and O–H groups in total. The molecule has 0 aromatic heterocycles. The van der Waals surface area contributed by atoms with E-state index in [1.165, 1.54) is 205 Å². The van der Waals surface area contributed by atoms with E-state index in [1.54, 1.807) is 0 Å². The highest BCUT2D eigenvalue weighted by Crippen LogP contribution is 2.45. The highest BCUT2D eigenvalue weighted by Gasteiger charge is 2.30. The predicted octanol–water partition coefficient (Wildman–Crippen LogP) is 21.7. The topological polar surface area (TPSA) is 237 Å². The lowest BCUT2D eigenvalue weighted by molar-refractivity contribution is -0.161. The van der Waals surface area contributed by atoms with Crippen LogP contribution in [-0.2, 0) is 65.4 Å². The van der Waals surface area contributed by atoms with Crippen molar-refractivity contribution in [3.05, 3.63) is 0 Å². The molecule has 6 atom stereocenters. The molecule has 0 saturated heterocycles. The van der Waals surface area contributed by atoms with Crippen LogP contribution in [0, 0.1) is 5.92 Å². The van der Waals surface area contributed by atoms with Gasteiger partial charge < -0.3 is 33.8 Å². The van der Waals surface area contributed by atoms with Crippen molar-refractivity contribution >= 4 is 39.5 Å². The van der Waals surface area contributed by atoms with Gasteiger partial charge in [-0.2, -0.15) is 0 Å². The minimum absolute atomic E-state index is 0.102. The minimum Gasteiger partial charge on any atom is -0.462 e. The maximum atomic E-state index is 13.1. The smallest absolute Gasteiger partial charge is 0.462 e. The number of phosphoric ester groups is 2. The Morgan fingerprint density at radius 3 is 0.763 bits per heavy atom. The number of unbranched alkanes of at least 4 members (excludes halogenated alkanes) is 45. The van der Waals surface area contributed by atoms with Crippen molar-refractivity contribution in [1.29, 1.82) is 0 Å². The van der Waals surface area contributed by atoms with E-state index in [9.17, 15) is 43.2 Å². The fraction of sp³-hybridized carbons (Fsp3) is 0.946. The molecule has 0 rings (SSSR count). The van der Waals surface area contributed by atoms with Gasteiger partial charge in [0.25, 0.3) is 0 Å². The Kier molecular flexibility index (Phi) is 65.9. The molecule has 0 aliphatic carbocycles. The summed E-state index contributed by atoms with van der Waals surface area (Å²) in [6.07, 6.45) is 56.2. The molecule has 0 aromatic rings. The van der Waals surface area contributed by atoms with Crippen LogP contribution in [-0.4, -0.2) is 96.7 Å². The fourth-order valence-electron chi connectivity index (χ4n) is 11.3. The largest absolute Gasteiger partial charge is 0.472 e. The van der Waals surface area contributed by atoms with Crippen molar-refractivity contribution in [2.24, 2.45) is 5.92 Å². The number of hydrogen-bond acceptors (Lipinski definition) is 15. The van der Waals surface area contributed by atoms with Gasteiger partial charge in [-0.05, 0) is 31.6 Å². The third kappa shape index (κ3) is 67.0. The number of ether oxygens (including phenoxy) is 4. The van der Waals surface area contributed by atoms with E-state index in [4.69, 9.17) is 37.0 Å². The first-order chi connectivity index (χ1) is 45.1. The third-order valence-corrected chi connectivity index (χ3v) is 19.5. The number of carbonyl (C=O) groups excluding carboxylic acids is 4. The molecule has 0 aliphatic rings. The van der Waals surface area contributed by atoms with Gasteiger partial charge in [-0.3, -0.25) is 37.3 Å². The van der Waals surface area contributed by atoms with Gasteiger partial charge in [-0.15, -0.1) is 0 Å². The lowest BCUT2D eigenvalue weighted by Gasteiger charge is -2.21. The molecule has 0 heterocycles. The fourth-order valence-corrected chi connectivity index (χ4v) is 12.9.